The Kier molecular flexibility index (Phi) is 4.71. The zero-order valence-electron chi connectivity index (χ0n) is 21.3. The first-order chi connectivity index (χ1) is 18.3. The summed E-state index contributed by atoms with van der Waals surface area (Å²) in [5.74, 6) is -0.410. The fourth-order valence-corrected chi connectivity index (χ4v) is 6.99. The van der Waals surface area contributed by atoms with E-state index in [0.717, 1.165) is 33.3 Å². The lowest BCUT2D eigenvalue weighted by Crippen LogP contribution is -2.55. The minimum absolute atomic E-state index is 0.0436. The van der Waals surface area contributed by atoms with Gasteiger partial charge in [0.05, 0.1) is 22.3 Å². The number of carbonyl (C=O) groups excluding carboxylic acids is 1. The molecule has 5 atom stereocenters. The van der Waals surface area contributed by atoms with E-state index >= 15 is 4.39 Å². The molecule has 1 aliphatic heterocycles. The molecule has 2 aromatic carbocycles. The number of nitrogens with zero attached hydrogens (tertiary/aromatic N) is 4. The molecule has 7 heteroatoms. The molecule has 188 valence electrons. The Hall–Kier alpha value is -4.02. The van der Waals surface area contributed by atoms with Gasteiger partial charge in [0, 0.05) is 34.2 Å². The standard InChI is InChI=1S/C31H25FN4O2/c1-16-9-10-18-19(13-14-34-24(18)15-16)28-35-25(20-7-5-6-8-23(20)32)21-11-12-22-17(2)27(37)31(33-4)29(38-31)30(22,3)26(21)36-28/h5-10,13-15,17,22,29H,11-12H2,1-3H3/t17-,22-,29+,30-,31-/m1/s1. The van der Waals surface area contributed by atoms with Crippen LogP contribution in [0.25, 0.3) is 38.4 Å². The number of aromatic nitrogens is 3. The smallest absolute Gasteiger partial charge is 0.287 e. The number of epoxide rings is 1. The normalized spacial score (nSPS) is 29.2. The molecule has 0 N–H and O–H groups in total. The highest BCUT2D eigenvalue weighted by molar-refractivity contribution is 5.96. The number of hydrogen-bond donors (Lipinski definition) is 0. The highest BCUT2D eigenvalue weighted by atomic mass is 19.1. The van der Waals surface area contributed by atoms with E-state index in [1.54, 1.807) is 24.4 Å². The first-order valence-corrected chi connectivity index (χ1v) is 12.9. The Morgan fingerprint density at radius 1 is 1.13 bits per heavy atom. The van der Waals surface area contributed by atoms with Gasteiger partial charge in [-0.05, 0) is 55.5 Å². The summed E-state index contributed by atoms with van der Waals surface area (Å²) in [4.78, 5) is 31.6. The molecule has 0 spiro atoms. The van der Waals surface area contributed by atoms with Gasteiger partial charge in [0.2, 0.25) is 0 Å². The number of ether oxygens (including phenoxy) is 1. The monoisotopic (exact) mass is 504 g/mol. The average Bonchev–Trinajstić information content (AvgIpc) is 3.69. The minimum atomic E-state index is -1.45. The van der Waals surface area contributed by atoms with Crippen molar-refractivity contribution in [2.24, 2.45) is 11.8 Å². The lowest BCUT2D eigenvalue weighted by molar-refractivity contribution is -0.130. The van der Waals surface area contributed by atoms with Crippen molar-refractivity contribution in [1.82, 2.24) is 15.0 Å². The number of carbonyl (C=O) groups is 1. The Morgan fingerprint density at radius 3 is 2.74 bits per heavy atom. The highest BCUT2D eigenvalue weighted by Crippen LogP contribution is 2.63. The highest BCUT2D eigenvalue weighted by Gasteiger charge is 2.83. The van der Waals surface area contributed by atoms with Gasteiger partial charge in [-0.3, -0.25) is 19.4 Å². The molecule has 4 aromatic rings. The van der Waals surface area contributed by atoms with Gasteiger partial charge in [0.25, 0.3) is 5.78 Å². The summed E-state index contributed by atoms with van der Waals surface area (Å²) >= 11 is 0. The van der Waals surface area contributed by atoms with Crippen LogP contribution in [0, 0.1) is 31.1 Å². The van der Waals surface area contributed by atoms with Crippen LogP contribution in [0.4, 0.5) is 4.39 Å². The van der Waals surface area contributed by atoms with Gasteiger partial charge in [-0.25, -0.2) is 20.9 Å². The fraction of sp³-hybridized carbons (Fsp3) is 0.323. The molecule has 0 unspecified atom stereocenters. The van der Waals surface area contributed by atoms with Crippen LogP contribution in [0.5, 0.6) is 0 Å². The summed E-state index contributed by atoms with van der Waals surface area (Å²) < 4.78 is 21.2. The molecule has 1 saturated heterocycles. The summed E-state index contributed by atoms with van der Waals surface area (Å²) in [5, 5.41) is 0.903. The number of aryl methyl sites for hydroxylation is 1. The van der Waals surface area contributed by atoms with Crippen LogP contribution in [0.3, 0.4) is 0 Å². The molecule has 1 saturated carbocycles. The van der Waals surface area contributed by atoms with E-state index in [-0.39, 0.29) is 23.4 Å². The number of halogens is 1. The van der Waals surface area contributed by atoms with Crippen LogP contribution in [-0.4, -0.2) is 32.6 Å². The second-order valence-corrected chi connectivity index (χ2v) is 11.0. The lowest BCUT2D eigenvalue weighted by atomic mass is 9.55. The largest absolute Gasteiger partial charge is 0.424 e. The average molecular weight is 505 g/mol. The van der Waals surface area contributed by atoms with E-state index in [1.807, 2.05) is 38.1 Å². The van der Waals surface area contributed by atoms with Gasteiger partial charge >= 0.3 is 5.72 Å². The third kappa shape index (κ3) is 2.89. The Morgan fingerprint density at radius 2 is 1.95 bits per heavy atom. The molecule has 6 nitrogen and oxygen atoms in total. The van der Waals surface area contributed by atoms with Crippen LogP contribution in [0.2, 0.25) is 0 Å². The van der Waals surface area contributed by atoms with Gasteiger partial charge in [-0.2, -0.15) is 0 Å². The summed E-state index contributed by atoms with van der Waals surface area (Å²) in [6.07, 6.45) is 2.48. The Balaban J connectivity index is 1.54. The van der Waals surface area contributed by atoms with Gasteiger partial charge in [-0.15, -0.1) is 0 Å². The Labute approximate surface area is 219 Å². The number of ketones is 1. The fourth-order valence-electron chi connectivity index (χ4n) is 6.99. The number of Topliss-reactive ketones (excluding diaryl/α,β-unsaturated/α-hetero) is 1. The molecular formula is C31H25FN4O2. The third-order valence-corrected chi connectivity index (χ3v) is 8.94. The lowest BCUT2D eigenvalue weighted by Gasteiger charge is -2.45. The van der Waals surface area contributed by atoms with Gasteiger partial charge in [0.1, 0.15) is 5.82 Å². The van der Waals surface area contributed by atoms with E-state index < -0.39 is 17.2 Å². The van der Waals surface area contributed by atoms with Crippen molar-refractivity contribution in [1.29, 1.82) is 0 Å². The molecule has 7 rings (SSSR count). The van der Waals surface area contributed by atoms with Crippen LogP contribution in [0.15, 0.2) is 54.7 Å². The van der Waals surface area contributed by atoms with Gasteiger partial charge in [-0.1, -0.05) is 38.1 Å². The zero-order valence-corrected chi connectivity index (χ0v) is 21.3. The summed E-state index contributed by atoms with van der Waals surface area (Å²) in [6, 6.07) is 14.6. The van der Waals surface area contributed by atoms with Gasteiger partial charge < -0.3 is 0 Å². The van der Waals surface area contributed by atoms with E-state index in [4.69, 9.17) is 21.3 Å². The quantitative estimate of drug-likeness (QED) is 0.253. The predicted octanol–water partition coefficient (Wildman–Crippen LogP) is 5.86. The molecule has 2 fully saturated rings. The van der Waals surface area contributed by atoms with Crippen LogP contribution in [0.1, 0.15) is 37.1 Å². The molecule has 38 heavy (non-hydrogen) atoms. The molecule has 2 aromatic heterocycles. The summed E-state index contributed by atoms with van der Waals surface area (Å²) in [6.45, 7) is 13.8. The second-order valence-electron chi connectivity index (χ2n) is 11.0. The van der Waals surface area contributed by atoms with Crippen molar-refractivity contribution in [3.8, 4) is 22.6 Å². The van der Waals surface area contributed by atoms with Crippen molar-refractivity contribution in [2.75, 3.05) is 0 Å². The first-order valence-electron chi connectivity index (χ1n) is 12.9. The van der Waals surface area contributed by atoms with Crippen LogP contribution in [-0.2, 0) is 21.4 Å². The summed E-state index contributed by atoms with van der Waals surface area (Å²) in [5.41, 5.74) is 3.16. The molecular weight excluding hydrogens is 479 g/mol. The van der Waals surface area contributed by atoms with Crippen molar-refractivity contribution in [2.45, 2.75) is 50.9 Å². The van der Waals surface area contributed by atoms with Crippen molar-refractivity contribution >= 4 is 16.7 Å². The van der Waals surface area contributed by atoms with E-state index in [1.165, 1.54) is 6.07 Å². The predicted molar refractivity (Wildman–Crippen MR) is 140 cm³/mol. The molecule has 3 aliphatic rings. The molecule has 2 aliphatic carbocycles. The number of pyridine rings is 1. The van der Waals surface area contributed by atoms with Crippen LogP contribution < -0.4 is 0 Å². The molecule has 3 heterocycles. The molecule has 0 bridgehead atoms. The van der Waals surface area contributed by atoms with E-state index in [9.17, 15) is 4.79 Å². The number of hydrogen-bond acceptors (Lipinski definition) is 5. The third-order valence-electron chi connectivity index (χ3n) is 8.94. The van der Waals surface area contributed by atoms with Crippen molar-refractivity contribution < 1.29 is 13.9 Å². The maximum absolute atomic E-state index is 15.2. The van der Waals surface area contributed by atoms with Gasteiger partial charge in [0.15, 0.2) is 11.9 Å². The van der Waals surface area contributed by atoms with E-state index in [2.05, 4.69) is 16.8 Å². The zero-order chi connectivity index (χ0) is 26.4. The first kappa shape index (κ1) is 23.1. The minimum Gasteiger partial charge on any atom is -0.287 e. The number of benzene rings is 2. The van der Waals surface area contributed by atoms with E-state index in [0.29, 0.717) is 29.9 Å². The maximum Gasteiger partial charge on any atom is 0.424 e. The van der Waals surface area contributed by atoms with Crippen LogP contribution >= 0.6 is 0 Å². The number of fused-ring (bicyclic) bond motifs is 6. The summed E-state index contributed by atoms with van der Waals surface area (Å²) in [7, 11) is 0. The molecule has 0 radical (unpaired) electrons. The van der Waals surface area contributed by atoms with Crippen molar-refractivity contribution in [3.63, 3.8) is 0 Å². The number of rotatable bonds is 2. The van der Waals surface area contributed by atoms with Crippen molar-refractivity contribution in [3.05, 3.63) is 88.8 Å². The topological polar surface area (TPSA) is 72.6 Å². The second kappa shape index (κ2) is 7.75. The Bertz CT molecular complexity index is 1730. The maximum atomic E-state index is 15.2. The SMILES string of the molecule is [C-]#[N+][C@]12O[C@H]1[C@@]1(C)c3nc(-c4ccnc5cc(C)ccc45)nc(-c4ccccc4F)c3CC[C@@H]1[C@@H](C)C2=O. The molecule has 0 amide bonds.